The lowest BCUT2D eigenvalue weighted by Gasteiger charge is -2.43. The van der Waals surface area contributed by atoms with Crippen LogP contribution >= 0.6 is 0 Å². The molecule has 4 nitrogen and oxygen atoms in total. The van der Waals surface area contributed by atoms with Crippen LogP contribution in [0, 0.1) is 5.41 Å². The van der Waals surface area contributed by atoms with Gasteiger partial charge in [-0.05, 0) is 31.9 Å². The maximum atomic E-state index is 13.1. The van der Waals surface area contributed by atoms with Crippen molar-refractivity contribution in [3.63, 3.8) is 0 Å². The first-order chi connectivity index (χ1) is 10.1. The molecule has 1 aromatic rings. The zero-order valence-corrected chi connectivity index (χ0v) is 12.3. The van der Waals surface area contributed by atoms with Gasteiger partial charge < -0.3 is 4.90 Å². The number of nitrogens with zero attached hydrogens (tertiary/aromatic N) is 1. The SMILES string of the molecule is CN1C(=O)C2(NCCC23CCCCC3=O)c2ccccc21. The fraction of sp³-hybridized carbons (Fsp3) is 0.529. The highest BCUT2D eigenvalue weighted by Crippen LogP contribution is 2.58. The van der Waals surface area contributed by atoms with Gasteiger partial charge in [0, 0.05) is 24.7 Å². The minimum absolute atomic E-state index is 0.0384. The molecule has 0 aromatic heterocycles. The second-order valence-electron chi connectivity index (χ2n) is 6.52. The first kappa shape index (κ1) is 13.0. The van der Waals surface area contributed by atoms with E-state index < -0.39 is 11.0 Å². The van der Waals surface area contributed by atoms with Crippen molar-refractivity contribution >= 4 is 17.4 Å². The standard InChI is InChI=1S/C17H20N2O2/c1-19-13-7-3-2-6-12(13)17(15(19)21)16(10-11-18-17)9-5-4-8-14(16)20/h2-3,6-7,18H,4-5,8-11H2,1H3. The van der Waals surface area contributed by atoms with Crippen LogP contribution in [0.25, 0.3) is 0 Å². The summed E-state index contributed by atoms with van der Waals surface area (Å²) in [6.45, 7) is 0.736. The average molecular weight is 284 g/mol. The van der Waals surface area contributed by atoms with Crippen LogP contribution in [-0.4, -0.2) is 25.3 Å². The van der Waals surface area contributed by atoms with Gasteiger partial charge in [0.15, 0.2) is 0 Å². The lowest BCUT2D eigenvalue weighted by atomic mass is 9.59. The summed E-state index contributed by atoms with van der Waals surface area (Å²) in [5, 5.41) is 3.45. The van der Waals surface area contributed by atoms with Crippen LogP contribution in [0.5, 0.6) is 0 Å². The predicted octanol–water partition coefficient (Wildman–Crippen LogP) is 1.98. The van der Waals surface area contributed by atoms with Gasteiger partial charge >= 0.3 is 0 Å². The number of para-hydroxylation sites is 1. The van der Waals surface area contributed by atoms with E-state index >= 15 is 0 Å². The highest BCUT2D eigenvalue weighted by atomic mass is 16.2. The third kappa shape index (κ3) is 1.34. The lowest BCUT2D eigenvalue weighted by Crippen LogP contribution is -2.59. The lowest BCUT2D eigenvalue weighted by molar-refractivity contribution is -0.143. The molecule has 1 N–H and O–H groups in total. The normalized spacial score (nSPS) is 35.0. The van der Waals surface area contributed by atoms with E-state index in [4.69, 9.17) is 0 Å². The Morgan fingerprint density at radius 3 is 2.76 bits per heavy atom. The first-order valence-electron chi connectivity index (χ1n) is 7.79. The fourth-order valence-corrected chi connectivity index (χ4v) is 4.76. The van der Waals surface area contributed by atoms with E-state index in [1.54, 1.807) is 4.90 Å². The molecule has 2 atom stereocenters. The van der Waals surface area contributed by atoms with Gasteiger partial charge in [-0.2, -0.15) is 0 Å². The molecule has 2 aliphatic heterocycles. The van der Waals surface area contributed by atoms with Crippen molar-refractivity contribution in [1.29, 1.82) is 0 Å². The molecule has 4 heteroatoms. The van der Waals surface area contributed by atoms with Gasteiger partial charge in [0.2, 0.25) is 0 Å². The second kappa shape index (κ2) is 4.17. The molecule has 0 radical (unpaired) electrons. The first-order valence-corrected chi connectivity index (χ1v) is 7.79. The third-order valence-electron chi connectivity index (χ3n) is 5.75. The van der Waals surface area contributed by atoms with E-state index in [2.05, 4.69) is 5.32 Å². The van der Waals surface area contributed by atoms with Crippen molar-refractivity contribution < 1.29 is 9.59 Å². The van der Waals surface area contributed by atoms with Crippen LogP contribution in [-0.2, 0) is 15.1 Å². The molecule has 2 fully saturated rings. The fourth-order valence-electron chi connectivity index (χ4n) is 4.76. The topological polar surface area (TPSA) is 49.4 Å². The van der Waals surface area contributed by atoms with Crippen molar-refractivity contribution in [2.24, 2.45) is 5.41 Å². The third-order valence-corrected chi connectivity index (χ3v) is 5.75. The number of anilines is 1. The van der Waals surface area contributed by atoms with Gasteiger partial charge in [-0.1, -0.05) is 24.6 Å². The van der Waals surface area contributed by atoms with E-state index in [1.807, 2.05) is 31.3 Å². The molecule has 4 rings (SSSR count). The Balaban J connectivity index is 1.97. The summed E-state index contributed by atoms with van der Waals surface area (Å²) in [4.78, 5) is 27.7. The van der Waals surface area contributed by atoms with Crippen LogP contribution in [0.2, 0.25) is 0 Å². The summed E-state index contributed by atoms with van der Waals surface area (Å²) in [7, 11) is 1.82. The Morgan fingerprint density at radius 2 is 1.95 bits per heavy atom. The molecule has 1 amide bonds. The molecule has 21 heavy (non-hydrogen) atoms. The number of benzene rings is 1. The number of hydrogen-bond donors (Lipinski definition) is 1. The van der Waals surface area contributed by atoms with Gasteiger partial charge in [0.1, 0.15) is 11.3 Å². The second-order valence-corrected chi connectivity index (χ2v) is 6.52. The van der Waals surface area contributed by atoms with Crippen LogP contribution in [0.4, 0.5) is 5.69 Å². The monoisotopic (exact) mass is 284 g/mol. The highest BCUT2D eigenvalue weighted by molar-refractivity contribution is 6.11. The molecule has 1 saturated heterocycles. The van der Waals surface area contributed by atoms with Gasteiger partial charge in [-0.25, -0.2) is 0 Å². The van der Waals surface area contributed by atoms with Crippen molar-refractivity contribution in [3.05, 3.63) is 29.8 Å². The number of amides is 1. The zero-order valence-electron chi connectivity index (χ0n) is 12.3. The van der Waals surface area contributed by atoms with Crippen LogP contribution in [0.3, 0.4) is 0 Å². The van der Waals surface area contributed by atoms with Crippen LogP contribution in [0.15, 0.2) is 24.3 Å². The molecule has 2 spiro atoms. The Labute approximate surface area is 124 Å². The summed E-state index contributed by atoms with van der Waals surface area (Å²) in [5.74, 6) is 0.314. The summed E-state index contributed by atoms with van der Waals surface area (Å²) in [5.41, 5.74) is 0.568. The smallest absolute Gasteiger partial charge is 0.252 e. The summed E-state index contributed by atoms with van der Waals surface area (Å²) >= 11 is 0. The number of likely N-dealkylation sites (N-methyl/N-ethyl adjacent to an activating group) is 1. The van der Waals surface area contributed by atoms with Crippen molar-refractivity contribution in [1.82, 2.24) is 5.32 Å². The number of carbonyl (C=O) groups is 2. The molecule has 3 aliphatic rings. The predicted molar refractivity (Wildman–Crippen MR) is 80.1 cm³/mol. The van der Waals surface area contributed by atoms with E-state index in [1.165, 1.54) is 0 Å². The largest absolute Gasteiger partial charge is 0.313 e. The van der Waals surface area contributed by atoms with E-state index in [-0.39, 0.29) is 11.7 Å². The molecule has 2 heterocycles. The summed E-state index contributed by atoms with van der Waals surface area (Å²) in [6, 6.07) is 7.90. The molecule has 0 bridgehead atoms. The quantitative estimate of drug-likeness (QED) is 0.792. The van der Waals surface area contributed by atoms with Gasteiger partial charge in [0.05, 0.1) is 5.41 Å². The van der Waals surface area contributed by atoms with Gasteiger partial charge in [-0.3, -0.25) is 14.9 Å². The van der Waals surface area contributed by atoms with Crippen LogP contribution in [0.1, 0.15) is 37.7 Å². The average Bonchev–Trinajstić information content (AvgIpc) is 2.98. The molecule has 1 aromatic carbocycles. The highest BCUT2D eigenvalue weighted by Gasteiger charge is 2.67. The Kier molecular flexibility index (Phi) is 2.58. The molecular formula is C17H20N2O2. The van der Waals surface area contributed by atoms with E-state index in [9.17, 15) is 9.59 Å². The molecule has 110 valence electrons. The molecule has 2 unspecified atom stereocenters. The molecular weight excluding hydrogens is 264 g/mol. The summed E-state index contributed by atoms with van der Waals surface area (Å²) in [6.07, 6.45) is 4.21. The Bertz CT molecular complexity index is 641. The zero-order chi connectivity index (χ0) is 14.7. The number of Topliss-reactive ketones (excluding diaryl/α,β-unsaturated/α-hetero) is 1. The number of fused-ring (bicyclic) bond motifs is 3. The van der Waals surface area contributed by atoms with E-state index in [0.29, 0.717) is 6.42 Å². The number of rotatable bonds is 0. The number of hydrogen-bond acceptors (Lipinski definition) is 3. The Morgan fingerprint density at radius 1 is 1.14 bits per heavy atom. The van der Waals surface area contributed by atoms with E-state index in [0.717, 1.165) is 43.5 Å². The minimum Gasteiger partial charge on any atom is -0.313 e. The van der Waals surface area contributed by atoms with Crippen molar-refractivity contribution in [2.75, 3.05) is 18.5 Å². The summed E-state index contributed by atoms with van der Waals surface area (Å²) < 4.78 is 0. The van der Waals surface area contributed by atoms with Crippen molar-refractivity contribution in [2.45, 2.75) is 37.6 Å². The maximum absolute atomic E-state index is 13.1. The van der Waals surface area contributed by atoms with Gasteiger partial charge in [0.25, 0.3) is 5.91 Å². The number of carbonyl (C=O) groups excluding carboxylic acids is 2. The van der Waals surface area contributed by atoms with Crippen LogP contribution < -0.4 is 10.2 Å². The molecule has 1 saturated carbocycles. The Hall–Kier alpha value is -1.68. The maximum Gasteiger partial charge on any atom is 0.252 e. The minimum atomic E-state index is -0.824. The number of nitrogens with one attached hydrogen (secondary N) is 1. The van der Waals surface area contributed by atoms with Crippen molar-refractivity contribution in [3.8, 4) is 0 Å². The number of ketones is 1. The van der Waals surface area contributed by atoms with Gasteiger partial charge in [-0.15, -0.1) is 0 Å². The molecule has 1 aliphatic carbocycles.